The summed E-state index contributed by atoms with van der Waals surface area (Å²) in [6.45, 7) is 1.08. The van der Waals surface area contributed by atoms with Gasteiger partial charge >= 0.3 is 0 Å². The first-order chi connectivity index (χ1) is 11.2. The van der Waals surface area contributed by atoms with Crippen molar-refractivity contribution in [1.29, 1.82) is 0 Å². The van der Waals surface area contributed by atoms with Gasteiger partial charge in [-0.15, -0.1) is 0 Å². The molecule has 2 aromatic carbocycles. The van der Waals surface area contributed by atoms with Gasteiger partial charge in [0.2, 0.25) is 0 Å². The van der Waals surface area contributed by atoms with Crippen LogP contribution >= 0.6 is 0 Å². The van der Waals surface area contributed by atoms with Crippen LogP contribution in [0.25, 0.3) is 0 Å². The summed E-state index contributed by atoms with van der Waals surface area (Å²) < 4.78 is 13.1. The molecular formula is C20H23FN2. The van der Waals surface area contributed by atoms with Crippen LogP contribution in [-0.2, 0) is 6.42 Å². The van der Waals surface area contributed by atoms with Crippen molar-refractivity contribution in [1.82, 2.24) is 5.32 Å². The van der Waals surface area contributed by atoms with E-state index in [0.29, 0.717) is 6.04 Å². The van der Waals surface area contributed by atoms with Crippen molar-refractivity contribution in [2.24, 2.45) is 5.92 Å². The Bertz CT molecular complexity index is 691. The lowest BCUT2D eigenvalue weighted by Crippen LogP contribution is -2.30. The third kappa shape index (κ3) is 3.11. The molecule has 0 aromatic heterocycles. The van der Waals surface area contributed by atoms with E-state index in [0.717, 1.165) is 24.6 Å². The summed E-state index contributed by atoms with van der Waals surface area (Å²) in [6.07, 6.45) is 5.15. The van der Waals surface area contributed by atoms with Crippen molar-refractivity contribution in [2.45, 2.75) is 31.7 Å². The van der Waals surface area contributed by atoms with E-state index in [2.05, 4.69) is 28.4 Å². The monoisotopic (exact) mass is 310 g/mol. The number of halogens is 1. The second kappa shape index (κ2) is 5.97. The lowest BCUT2D eigenvalue weighted by molar-refractivity contribution is 0.453. The summed E-state index contributed by atoms with van der Waals surface area (Å²) in [4.78, 5) is 2.13. The molecule has 2 aromatic rings. The van der Waals surface area contributed by atoms with Gasteiger partial charge in [-0.05, 0) is 72.8 Å². The van der Waals surface area contributed by atoms with Gasteiger partial charge in [0.1, 0.15) is 5.82 Å². The molecule has 2 nitrogen and oxygen atoms in total. The molecule has 2 aliphatic rings. The van der Waals surface area contributed by atoms with Crippen molar-refractivity contribution < 1.29 is 4.39 Å². The Hall–Kier alpha value is -1.87. The molecule has 1 N–H and O–H groups in total. The Morgan fingerprint density at radius 1 is 1.09 bits per heavy atom. The van der Waals surface area contributed by atoms with Crippen molar-refractivity contribution in [3.8, 4) is 0 Å². The Morgan fingerprint density at radius 2 is 1.83 bits per heavy atom. The topological polar surface area (TPSA) is 15.3 Å². The summed E-state index contributed by atoms with van der Waals surface area (Å²) >= 11 is 0. The van der Waals surface area contributed by atoms with Gasteiger partial charge in [0.15, 0.2) is 0 Å². The van der Waals surface area contributed by atoms with Gasteiger partial charge in [0.05, 0.1) is 0 Å². The summed E-state index contributed by atoms with van der Waals surface area (Å²) in [5.74, 6) is 0.721. The van der Waals surface area contributed by atoms with Crippen molar-refractivity contribution in [2.75, 3.05) is 18.5 Å². The number of nitrogens with one attached hydrogen (secondary N) is 1. The summed E-state index contributed by atoms with van der Waals surface area (Å²) in [7, 11) is 2.04. The highest BCUT2D eigenvalue weighted by Crippen LogP contribution is 2.40. The van der Waals surface area contributed by atoms with Crippen LogP contribution in [0.15, 0.2) is 42.5 Å². The summed E-state index contributed by atoms with van der Waals surface area (Å²) in [5.41, 5.74) is 5.11. The molecule has 1 aliphatic carbocycles. The van der Waals surface area contributed by atoms with E-state index >= 15 is 0 Å². The zero-order valence-electron chi connectivity index (χ0n) is 13.6. The van der Waals surface area contributed by atoms with Gasteiger partial charge in [-0.1, -0.05) is 18.9 Å². The number of rotatable bonds is 4. The van der Waals surface area contributed by atoms with Crippen LogP contribution in [0.2, 0.25) is 0 Å². The predicted molar refractivity (Wildman–Crippen MR) is 92.7 cm³/mol. The first-order valence-electron chi connectivity index (χ1n) is 8.56. The highest BCUT2D eigenvalue weighted by molar-refractivity contribution is 5.64. The molecule has 1 aliphatic heterocycles. The van der Waals surface area contributed by atoms with E-state index in [1.165, 1.54) is 48.2 Å². The molecule has 0 bridgehead atoms. The zero-order chi connectivity index (χ0) is 15.8. The molecule has 1 saturated carbocycles. The number of nitrogens with zero attached hydrogens (tertiary/aromatic N) is 1. The van der Waals surface area contributed by atoms with Crippen LogP contribution in [0.5, 0.6) is 0 Å². The van der Waals surface area contributed by atoms with Gasteiger partial charge in [-0.3, -0.25) is 0 Å². The molecule has 0 saturated heterocycles. The number of anilines is 2. The first-order valence-corrected chi connectivity index (χ1v) is 8.56. The molecule has 0 spiro atoms. The standard InChI is InChI=1S/C20H23FN2/c1-23(17-8-5-16(21)6-9-17)18-7-4-15-10-11-22-20(19(15)13-18)12-14-2-3-14/h4-9,13-14,20,22H,2-3,10-12H2,1H3. The maximum Gasteiger partial charge on any atom is 0.123 e. The van der Waals surface area contributed by atoms with Crippen molar-refractivity contribution in [3.63, 3.8) is 0 Å². The van der Waals surface area contributed by atoms with Gasteiger partial charge in [-0.25, -0.2) is 4.39 Å². The average molecular weight is 310 g/mol. The zero-order valence-corrected chi connectivity index (χ0v) is 13.6. The molecule has 1 unspecified atom stereocenters. The second-order valence-corrected chi connectivity index (χ2v) is 6.85. The molecule has 120 valence electrons. The molecule has 0 amide bonds. The van der Waals surface area contributed by atoms with Crippen LogP contribution in [0.1, 0.15) is 36.4 Å². The van der Waals surface area contributed by atoms with Crippen LogP contribution in [0.3, 0.4) is 0 Å². The number of hydrogen-bond acceptors (Lipinski definition) is 2. The van der Waals surface area contributed by atoms with Gasteiger partial charge in [0, 0.05) is 24.5 Å². The fraction of sp³-hybridized carbons (Fsp3) is 0.400. The molecule has 23 heavy (non-hydrogen) atoms. The molecular weight excluding hydrogens is 287 g/mol. The highest BCUT2D eigenvalue weighted by Gasteiger charge is 2.29. The molecule has 0 radical (unpaired) electrons. The smallest absolute Gasteiger partial charge is 0.123 e. The Morgan fingerprint density at radius 3 is 2.57 bits per heavy atom. The first kappa shape index (κ1) is 14.7. The van der Waals surface area contributed by atoms with Gasteiger partial charge in [-0.2, -0.15) is 0 Å². The minimum absolute atomic E-state index is 0.193. The number of fused-ring (bicyclic) bond motifs is 1. The minimum atomic E-state index is -0.193. The average Bonchev–Trinajstić information content (AvgIpc) is 3.39. The van der Waals surface area contributed by atoms with E-state index in [1.807, 2.05) is 19.2 Å². The molecule has 1 atom stereocenters. The minimum Gasteiger partial charge on any atom is -0.345 e. The predicted octanol–water partition coefficient (Wildman–Crippen LogP) is 4.58. The maximum atomic E-state index is 13.1. The molecule has 1 fully saturated rings. The molecule has 3 heteroatoms. The van der Waals surface area contributed by atoms with E-state index in [-0.39, 0.29) is 5.82 Å². The third-order valence-electron chi connectivity index (χ3n) is 5.16. The normalized spacial score (nSPS) is 20.2. The second-order valence-electron chi connectivity index (χ2n) is 6.85. The number of benzene rings is 2. The van der Waals surface area contributed by atoms with Crippen molar-refractivity contribution >= 4 is 11.4 Å². The fourth-order valence-corrected chi connectivity index (χ4v) is 3.54. The van der Waals surface area contributed by atoms with Gasteiger partial charge < -0.3 is 10.2 Å². The summed E-state index contributed by atoms with van der Waals surface area (Å²) in [5, 5.41) is 3.69. The van der Waals surface area contributed by atoms with E-state index in [4.69, 9.17) is 0 Å². The fourth-order valence-electron chi connectivity index (χ4n) is 3.54. The Labute approximate surface area is 137 Å². The maximum absolute atomic E-state index is 13.1. The van der Waals surface area contributed by atoms with E-state index < -0.39 is 0 Å². The SMILES string of the molecule is CN(c1ccc(F)cc1)c1ccc2c(c1)C(CC1CC1)NCC2. The largest absolute Gasteiger partial charge is 0.345 e. The van der Waals surface area contributed by atoms with Crippen LogP contribution in [0.4, 0.5) is 15.8 Å². The highest BCUT2D eigenvalue weighted by atomic mass is 19.1. The molecule has 1 heterocycles. The van der Waals surface area contributed by atoms with Gasteiger partial charge in [0.25, 0.3) is 0 Å². The Balaban J connectivity index is 1.63. The lowest BCUT2D eigenvalue weighted by Gasteiger charge is -2.29. The molecule has 4 rings (SSSR count). The van der Waals surface area contributed by atoms with Crippen LogP contribution < -0.4 is 10.2 Å². The lowest BCUT2D eigenvalue weighted by atomic mass is 9.90. The Kier molecular flexibility index (Phi) is 3.82. The third-order valence-corrected chi connectivity index (χ3v) is 5.16. The van der Waals surface area contributed by atoms with Crippen LogP contribution in [-0.4, -0.2) is 13.6 Å². The van der Waals surface area contributed by atoms with Crippen molar-refractivity contribution in [3.05, 3.63) is 59.4 Å². The number of hydrogen-bond donors (Lipinski definition) is 1. The van der Waals surface area contributed by atoms with E-state index in [9.17, 15) is 4.39 Å². The summed E-state index contributed by atoms with van der Waals surface area (Å²) in [6, 6.07) is 13.9. The van der Waals surface area contributed by atoms with Crippen LogP contribution in [0, 0.1) is 11.7 Å². The quantitative estimate of drug-likeness (QED) is 0.889. The van der Waals surface area contributed by atoms with E-state index in [1.54, 1.807) is 0 Å².